The van der Waals surface area contributed by atoms with Crippen LogP contribution in [0.5, 0.6) is 0 Å². The Hall–Kier alpha value is -1.59. The van der Waals surface area contributed by atoms with Crippen molar-refractivity contribution in [2.24, 2.45) is 5.92 Å². The first-order valence-electron chi connectivity index (χ1n) is 8.07. The zero-order valence-electron chi connectivity index (χ0n) is 12.8. The van der Waals surface area contributed by atoms with E-state index in [0.29, 0.717) is 25.4 Å². The number of rotatable bonds is 5. The summed E-state index contributed by atoms with van der Waals surface area (Å²) >= 11 is 0. The van der Waals surface area contributed by atoms with Crippen molar-refractivity contribution < 1.29 is 15.0 Å². The molecule has 0 spiro atoms. The maximum absolute atomic E-state index is 11.4. The molecule has 0 bridgehead atoms. The van der Waals surface area contributed by atoms with Gasteiger partial charge in [0.05, 0.1) is 12.1 Å². The van der Waals surface area contributed by atoms with E-state index >= 15 is 0 Å². The number of hydrogen-bond donors (Lipinski definition) is 2. The second-order valence-corrected chi connectivity index (χ2v) is 6.49. The molecule has 1 amide bonds. The molecule has 5 nitrogen and oxygen atoms in total. The monoisotopic (exact) mass is 304 g/mol. The van der Waals surface area contributed by atoms with Crippen LogP contribution in [0.3, 0.4) is 0 Å². The van der Waals surface area contributed by atoms with Gasteiger partial charge in [-0.25, -0.2) is 4.79 Å². The van der Waals surface area contributed by atoms with Crippen LogP contribution >= 0.6 is 0 Å². The summed E-state index contributed by atoms with van der Waals surface area (Å²) in [6.45, 7) is 2.80. The summed E-state index contributed by atoms with van der Waals surface area (Å²) in [5, 5.41) is 19.6. The standard InChI is InChI=1S/C17H24N2O3/c20-16(14-6-7-14)10-15-12-18(8-9-19(15)17(21)22)11-13-4-2-1-3-5-13/h1-5,14-16,20H,6-12H2,(H,21,22)/t15-,16?/m1/s1. The highest BCUT2D eigenvalue weighted by molar-refractivity contribution is 5.65. The van der Waals surface area contributed by atoms with E-state index in [0.717, 1.165) is 25.9 Å². The van der Waals surface area contributed by atoms with Crippen molar-refractivity contribution in [3.63, 3.8) is 0 Å². The van der Waals surface area contributed by atoms with Crippen LogP contribution in [0.25, 0.3) is 0 Å². The highest BCUT2D eigenvalue weighted by atomic mass is 16.4. The van der Waals surface area contributed by atoms with E-state index in [2.05, 4.69) is 17.0 Å². The Labute approximate surface area is 131 Å². The van der Waals surface area contributed by atoms with Crippen molar-refractivity contribution in [1.82, 2.24) is 9.80 Å². The first kappa shape index (κ1) is 15.3. The summed E-state index contributed by atoms with van der Waals surface area (Å²) in [4.78, 5) is 15.2. The normalized spacial score (nSPS) is 24.2. The largest absolute Gasteiger partial charge is 0.465 e. The topological polar surface area (TPSA) is 64.0 Å². The van der Waals surface area contributed by atoms with Gasteiger partial charge in [0.1, 0.15) is 0 Å². The quantitative estimate of drug-likeness (QED) is 0.873. The summed E-state index contributed by atoms with van der Waals surface area (Å²) in [5.74, 6) is 0.389. The molecule has 1 aromatic rings. The number of nitrogens with zero attached hydrogens (tertiary/aromatic N) is 2. The predicted octanol–water partition coefficient (Wildman–Crippen LogP) is 2.01. The van der Waals surface area contributed by atoms with E-state index < -0.39 is 6.09 Å². The first-order valence-corrected chi connectivity index (χ1v) is 8.07. The fourth-order valence-corrected chi connectivity index (χ4v) is 3.31. The lowest BCUT2D eigenvalue weighted by Crippen LogP contribution is -2.55. The van der Waals surface area contributed by atoms with Gasteiger partial charge >= 0.3 is 6.09 Å². The molecule has 2 N–H and O–H groups in total. The first-order chi connectivity index (χ1) is 10.6. The molecular formula is C17H24N2O3. The molecule has 2 fully saturated rings. The summed E-state index contributed by atoms with van der Waals surface area (Å²) in [5.41, 5.74) is 1.24. The summed E-state index contributed by atoms with van der Waals surface area (Å²) in [6.07, 6.45) is 1.49. The molecule has 1 aliphatic carbocycles. The van der Waals surface area contributed by atoms with Crippen LogP contribution in [0.1, 0.15) is 24.8 Å². The van der Waals surface area contributed by atoms with Gasteiger partial charge in [0, 0.05) is 26.2 Å². The third-order valence-electron chi connectivity index (χ3n) is 4.74. The molecule has 1 unspecified atom stereocenters. The molecule has 1 saturated carbocycles. The Balaban J connectivity index is 1.62. The minimum Gasteiger partial charge on any atom is -0.465 e. The molecule has 22 heavy (non-hydrogen) atoms. The molecule has 1 heterocycles. The Bertz CT molecular complexity index is 504. The molecular weight excluding hydrogens is 280 g/mol. The fraction of sp³-hybridized carbons (Fsp3) is 0.588. The van der Waals surface area contributed by atoms with Crippen molar-refractivity contribution in [3.8, 4) is 0 Å². The molecule has 2 aliphatic rings. The number of piperazine rings is 1. The van der Waals surface area contributed by atoms with E-state index in [1.54, 1.807) is 0 Å². The number of aliphatic hydroxyl groups is 1. The molecule has 0 aromatic heterocycles. The van der Waals surface area contributed by atoms with E-state index in [4.69, 9.17) is 0 Å². The Kier molecular flexibility index (Phi) is 4.64. The third kappa shape index (κ3) is 3.78. The van der Waals surface area contributed by atoms with E-state index in [-0.39, 0.29) is 12.1 Å². The van der Waals surface area contributed by atoms with Crippen LogP contribution in [0.4, 0.5) is 4.79 Å². The van der Waals surface area contributed by atoms with Gasteiger partial charge in [-0.3, -0.25) is 4.90 Å². The van der Waals surface area contributed by atoms with Crippen LogP contribution in [-0.4, -0.2) is 57.9 Å². The average molecular weight is 304 g/mol. The third-order valence-corrected chi connectivity index (χ3v) is 4.74. The van der Waals surface area contributed by atoms with Gasteiger partial charge in [0.2, 0.25) is 0 Å². The molecule has 2 atom stereocenters. The highest BCUT2D eigenvalue weighted by Gasteiger charge is 2.36. The molecule has 1 aliphatic heterocycles. The van der Waals surface area contributed by atoms with Gasteiger partial charge in [0.25, 0.3) is 0 Å². The van der Waals surface area contributed by atoms with Crippen LogP contribution in [0.15, 0.2) is 30.3 Å². The summed E-state index contributed by atoms with van der Waals surface area (Å²) in [6, 6.07) is 10.1. The van der Waals surface area contributed by atoms with Gasteiger partial charge in [0.15, 0.2) is 0 Å². The van der Waals surface area contributed by atoms with E-state index in [1.165, 1.54) is 10.5 Å². The second-order valence-electron chi connectivity index (χ2n) is 6.49. The van der Waals surface area contributed by atoms with Crippen LogP contribution < -0.4 is 0 Å². The minimum absolute atomic E-state index is 0.106. The van der Waals surface area contributed by atoms with Gasteiger partial charge in [-0.05, 0) is 30.7 Å². The summed E-state index contributed by atoms with van der Waals surface area (Å²) < 4.78 is 0. The van der Waals surface area contributed by atoms with Crippen molar-refractivity contribution in [1.29, 1.82) is 0 Å². The predicted molar refractivity (Wildman–Crippen MR) is 83.6 cm³/mol. The number of hydrogen-bond acceptors (Lipinski definition) is 3. The van der Waals surface area contributed by atoms with Crippen LogP contribution in [-0.2, 0) is 6.54 Å². The SMILES string of the molecule is O=C(O)N1CCN(Cc2ccccc2)C[C@H]1CC(O)C1CC1. The number of aliphatic hydroxyl groups excluding tert-OH is 1. The lowest BCUT2D eigenvalue weighted by Gasteiger charge is -2.40. The molecule has 1 aromatic carbocycles. The molecule has 120 valence electrons. The van der Waals surface area contributed by atoms with Crippen molar-refractivity contribution in [2.45, 2.75) is 38.0 Å². The number of carboxylic acid groups (broad SMARTS) is 1. The van der Waals surface area contributed by atoms with Crippen LogP contribution in [0, 0.1) is 5.92 Å². The fourth-order valence-electron chi connectivity index (χ4n) is 3.31. The van der Waals surface area contributed by atoms with Crippen LogP contribution in [0.2, 0.25) is 0 Å². The molecule has 5 heteroatoms. The van der Waals surface area contributed by atoms with Crippen molar-refractivity contribution >= 4 is 6.09 Å². The maximum atomic E-state index is 11.4. The van der Waals surface area contributed by atoms with E-state index in [1.807, 2.05) is 18.2 Å². The molecule has 0 radical (unpaired) electrons. The summed E-state index contributed by atoms with van der Waals surface area (Å²) in [7, 11) is 0. The molecule has 1 saturated heterocycles. The zero-order chi connectivity index (χ0) is 15.5. The van der Waals surface area contributed by atoms with Crippen molar-refractivity contribution in [2.75, 3.05) is 19.6 Å². The number of amides is 1. The Morgan fingerprint density at radius 1 is 1.23 bits per heavy atom. The molecule has 3 rings (SSSR count). The van der Waals surface area contributed by atoms with Gasteiger partial charge in [-0.2, -0.15) is 0 Å². The van der Waals surface area contributed by atoms with Gasteiger partial charge < -0.3 is 15.1 Å². The lowest BCUT2D eigenvalue weighted by molar-refractivity contribution is 0.0326. The highest BCUT2D eigenvalue weighted by Crippen LogP contribution is 2.35. The van der Waals surface area contributed by atoms with E-state index in [9.17, 15) is 15.0 Å². The minimum atomic E-state index is -0.868. The lowest BCUT2D eigenvalue weighted by atomic mass is 10.0. The zero-order valence-corrected chi connectivity index (χ0v) is 12.8. The number of benzene rings is 1. The second kappa shape index (κ2) is 6.67. The maximum Gasteiger partial charge on any atom is 0.407 e. The van der Waals surface area contributed by atoms with Crippen molar-refractivity contribution in [3.05, 3.63) is 35.9 Å². The average Bonchev–Trinajstić information content (AvgIpc) is 3.33. The Morgan fingerprint density at radius 2 is 1.95 bits per heavy atom. The smallest absolute Gasteiger partial charge is 0.407 e. The number of carbonyl (C=O) groups is 1. The van der Waals surface area contributed by atoms with Gasteiger partial charge in [-0.1, -0.05) is 30.3 Å². The van der Waals surface area contributed by atoms with Gasteiger partial charge in [-0.15, -0.1) is 0 Å². The Morgan fingerprint density at radius 3 is 2.59 bits per heavy atom.